The molecule has 1 atom stereocenters. The predicted molar refractivity (Wildman–Crippen MR) is 84.8 cm³/mol. The molecule has 1 unspecified atom stereocenters. The van der Waals surface area contributed by atoms with E-state index in [9.17, 15) is 4.79 Å². The Bertz CT molecular complexity index is 519. The number of rotatable bonds is 2. The molecule has 1 aromatic rings. The maximum Gasteiger partial charge on any atom is 0.255 e. The lowest BCUT2D eigenvalue weighted by Gasteiger charge is -2.42. The van der Waals surface area contributed by atoms with Gasteiger partial charge < -0.3 is 9.64 Å². The largest absolute Gasteiger partial charge is 0.368 e. The number of hydrogen-bond acceptors (Lipinski definition) is 2. The third-order valence-electron chi connectivity index (χ3n) is 3.36. The van der Waals surface area contributed by atoms with Crippen LogP contribution in [0.2, 0.25) is 5.02 Å². The zero-order valence-electron chi connectivity index (χ0n) is 12.0. The summed E-state index contributed by atoms with van der Waals surface area (Å²) in [5, 5.41) is 1.25. The fraction of sp³-hybridized carbons (Fsp3) is 0.533. The number of halogens is 2. The number of benzene rings is 1. The summed E-state index contributed by atoms with van der Waals surface area (Å²) in [6.45, 7) is 7.06. The molecule has 1 aromatic carbocycles. The molecule has 1 saturated heterocycles. The van der Waals surface area contributed by atoms with Gasteiger partial charge in [-0.3, -0.25) is 4.79 Å². The van der Waals surface area contributed by atoms with Crippen molar-refractivity contribution in [1.29, 1.82) is 0 Å². The molecule has 0 bridgehead atoms. The number of alkyl halides is 1. The van der Waals surface area contributed by atoms with Gasteiger partial charge in [0.1, 0.15) is 0 Å². The van der Waals surface area contributed by atoms with Crippen molar-refractivity contribution < 1.29 is 9.53 Å². The van der Waals surface area contributed by atoms with Crippen LogP contribution in [0, 0.1) is 6.92 Å². The molecule has 0 aliphatic carbocycles. The zero-order chi connectivity index (χ0) is 14.9. The summed E-state index contributed by atoms with van der Waals surface area (Å²) in [5.74, 6) is -0.0268. The molecule has 3 nitrogen and oxygen atoms in total. The number of nitrogens with zero attached hydrogens (tertiary/aromatic N) is 1. The van der Waals surface area contributed by atoms with Crippen LogP contribution in [-0.4, -0.2) is 40.9 Å². The highest BCUT2D eigenvalue weighted by atomic mass is 79.9. The normalized spacial score (nSPS) is 21.9. The van der Waals surface area contributed by atoms with Crippen LogP contribution >= 0.6 is 27.5 Å². The van der Waals surface area contributed by atoms with Crippen LogP contribution < -0.4 is 0 Å². The Hall–Kier alpha value is -0.580. The third-order valence-corrected chi connectivity index (χ3v) is 4.59. The Kier molecular flexibility index (Phi) is 4.77. The standard InChI is InChI=1S/C15H19BrClNO2/c1-10-5-4-6-12(13(10)17)14(19)18-8-11(7-16)20-15(2,3)9-18/h4-6,11H,7-9H2,1-3H3. The number of aryl methyl sites for hydroxylation is 1. The molecule has 1 aliphatic heterocycles. The van der Waals surface area contributed by atoms with Gasteiger partial charge in [-0.05, 0) is 32.4 Å². The number of carbonyl (C=O) groups is 1. The number of carbonyl (C=O) groups excluding carboxylic acids is 1. The Morgan fingerprint density at radius 1 is 1.55 bits per heavy atom. The molecule has 1 amide bonds. The van der Waals surface area contributed by atoms with Crippen molar-refractivity contribution in [3.8, 4) is 0 Å². The summed E-state index contributed by atoms with van der Waals surface area (Å²) in [4.78, 5) is 14.5. The minimum absolute atomic E-state index is 0.00582. The van der Waals surface area contributed by atoms with Crippen molar-refractivity contribution in [1.82, 2.24) is 4.90 Å². The lowest BCUT2D eigenvalue weighted by molar-refractivity contribution is -0.116. The van der Waals surface area contributed by atoms with Crippen molar-refractivity contribution in [2.24, 2.45) is 0 Å². The van der Waals surface area contributed by atoms with Gasteiger partial charge in [0.25, 0.3) is 5.91 Å². The Morgan fingerprint density at radius 2 is 2.25 bits per heavy atom. The first kappa shape index (κ1) is 15.8. The summed E-state index contributed by atoms with van der Waals surface area (Å²) in [6, 6.07) is 5.55. The van der Waals surface area contributed by atoms with Crippen molar-refractivity contribution in [2.75, 3.05) is 18.4 Å². The summed E-state index contributed by atoms with van der Waals surface area (Å²) < 4.78 is 5.92. The molecule has 1 aliphatic rings. The van der Waals surface area contributed by atoms with E-state index in [1.54, 1.807) is 6.07 Å². The number of amides is 1. The van der Waals surface area contributed by atoms with E-state index in [1.807, 2.05) is 37.8 Å². The summed E-state index contributed by atoms with van der Waals surface area (Å²) in [5.41, 5.74) is 1.14. The Balaban J connectivity index is 2.26. The van der Waals surface area contributed by atoms with Gasteiger partial charge in [0, 0.05) is 18.4 Å². The SMILES string of the molecule is Cc1cccc(C(=O)N2CC(CBr)OC(C)(C)C2)c1Cl. The predicted octanol–water partition coefficient (Wildman–Crippen LogP) is 3.66. The average Bonchev–Trinajstić information content (AvgIpc) is 2.39. The second-order valence-corrected chi connectivity index (χ2v) is 6.80. The van der Waals surface area contributed by atoms with Crippen LogP contribution in [0.1, 0.15) is 29.8 Å². The number of morpholine rings is 1. The van der Waals surface area contributed by atoms with E-state index in [0.717, 1.165) is 5.56 Å². The maximum absolute atomic E-state index is 12.7. The highest BCUT2D eigenvalue weighted by Gasteiger charge is 2.35. The third kappa shape index (κ3) is 3.35. The average molecular weight is 361 g/mol. The molecule has 0 aromatic heterocycles. The van der Waals surface area contributed by atoms with E-state index in [0.29, 0.717) is 29.0 Å². The van der Waals surface area contributed by atoms with E-state index >= 15 is 0 Å². The van der Waals surface area contributed by atoms with Crippen LogP contribution in [-0.2, 0) is 4.74 Å². The Labute approximate surface area is 133 Å². The van der Waals surface area contributed by atoms with Gasteiger partial charge in [0.15, 0.2) is 0 Å². The first-order chi connectivity index (χ1) is 9.34. The van der Waals surface area contributed by atoms with E-state index in [4.69, 9.17) is 16.3 Å². The maximum atomic E-state index is 12.7. The van der Waals surface area contributed by atoms with Crippen LogP contribution in [0.5, 0.6) is 0 Å². The zero-order valence-corrected chi connectivity index (χ0v) is 14.3. The fourth-order valence-electron chi connectivity index (χ4n) is 2.51. The van der Waals surface area contributed by atoms with E-state index in [-0.39, 0.29) is 17.6 Å². The van der Waals surface area contributed by atoms with Crippen LogP contribution in [0.25, 0.3) is 0 Å². The van der Waals surface area contributed by atoms with Crippen molar-refractivity contribution in [2.45, 2.75) is 32.5 Å². The summed E-state index contributed by atoms with van der Waals surface area (Å²) in [6.07, 6.45) is 0.00582. The highest BCUT2D eigenvalue weighted by molar-refractivity contribution is 9.09. The second-order valence-electron chi connectivity index (χ2n) is 5.78. The molecule has 0 saturated carbocycles. The molecule has 5 heteroatoms. The number of hydrogen-bond donors (Lipinski definition) is 0. The first-order valence-electron chi connectivity index (χ1n) is 6.62. The van der Waals surface area contributed by atoms with E-state index in [1.165, 1.54) is 0 Å². The molecule has 0 radical (unpaired) electrons. The van der Waals surface area contributed by atoms with Crippen molar-refractivity contribution in [3.63, 3.8) is 0 Å². The van der Waals surface area contributed by atoms with Gasteiger partial charge >= 0.3 is 0 Å². The first-order valence-corrected chi connectivity index (χ1v) is 8.12. The van der Waals surface area contributed by atoms with E-state index in [2.05, 4.69) is 15.9 Å². The van der Waals surface area contributed by atoms with Crippen molar-refractivity contribution in [3.05, 3.63) is 34.3 Å². The molecule has 110 valence electrons. The van der Waals surface area contributed by atoms with Gasteiger partial charge in [0.05, 0.1) is 22.3 Å². The Morgan fingerprint density at radius 3 is 2.90 bits per heavy atom. The van der Waals surface area contributed by atoms with Gasteiger partial charge in [-0.15, -0.1) is 0 Å². The minimum Gasteiger partial charge on any atom is -0.368 e. The molecule has 2 rings (SSSR count). The molecule has 20 heavy (non-hydrogen) atoms. The van der Waals surface area contributed by atoms with Gasteiger partial charge in [-0.2, -0.15) is 0 Å². The molecule has 0 N–H and O–H groups in total. The molecular formula is C15H19BrClNO2. The fourth-order valence-corrected chi connectivity index (χ4v) is 3.06. The molecule has 1 fully saturated rings. The lowest BCUT2D eigenvalue weighted by Crippen LogP contribution is -2.55. The van der Waals surface area contributed by atoms with Crippen LogP contribution in [0.4, 0.5) is 0 Å². The van der Waals surface area contributed by atoms with Gasteiger partial charge in [0.2, 0.25) is 0 Å². The van der Waals surface area contributed by atoms with Gasteiger partial charge in [-0.25, -0.2) is 0 Å². The second kappa shape index (κ2) is 6.04. The van der Waals surface area contributed by atoms with E-state index < -0.39 is 0 Å². The smallest absolute Gasteiger partial charge is 0.255 e. The van der Waals surface area contributed by atoms with Gasteiger partial charge in [-0.1, -0.05) is 39.7 Å². The highest BCUT2D eigenvalue weighted by Crippen LogP contribution is 2.26. The summed E-state index contributed by atoms with van der Waals surface area (Å²) in [7, 11) is 0. The topological polar surface area (TPSA) is 29.5 Å². The number of ether oxygens (including phenoxy) is 1. The molecule has 1 heterocycles. The summed E-state index contributed by atoms with van der Waals surface area (Å²) >= 11 is 9.69. The van der Waals surface area contributed by atoms with Crippen molar-refractivity contribution >= 4 is 33.4 Å². The monoisotopic (exact) mass is 359 g/mol. The van der Waals surface area contributed by atoms with Crippen LogP contribution in [0.15, 0.2) is 18.2 Å². The van der Waals surface area contributed by atoms with Crippen LogP contribution in [0.3, 0.4) is 0 Å². The molecular weight excluding hydrogens is 342 g/mol. The lowest BCUT2D eigenvalue weighted by atomic mass is 10.0. The molecule has 0 spiro atoms. The quantitative estimate of drug-likeness (QED) is 0.753. The minimum atomic E-state index is -0.345.